The average molecular weight is 379 g/mol. The summed E-state index contributed by atoms with van der Waals surface area (Å²) >= 11 is 8.94. The summed E-state index contributed by atoms with van der Waals surface area (Å²) in [5.41, 5.74) is 1.16. The summed E-state index contributed by atoms with van der Waals surface area (Å²) in [6.45, 7) is 1.84. The second kappa shape index (κ2) is 5.71. The summed E-state index contributed by atoms with van der Waals surface area (Å²) in [6.07, 6.45) is 0. The molecule has 1 N–H and O–H groups in total. The predicted molar refractivity (Wildman–Crippen MR) is 81.1 cm³/mol. The Bertz CT molecular complexity index is 765. The van der Waals surface area contributed by atoms with Crippen molar-refractivity contribution in [3.63, 3.8) is 0 Å². The number of aryl methyl sites for hydroxylation is 1. The molecule has 0 radical (unpaired) electrons. The van der Waals surface area contributed by atoms with Crippen LogP contribution in [0.4, 0.5) is 10.1 Å². The van der Waals surface area contributed by atoms with Crippen LogP contribution in [0.5, 0.6) is 0 Å². The van der Waals surface area contributed by atoms with Crippen LogP contribution in [0.15, 0.2) is 45.8 Å². The topological polar surface area (TPSA) is 46.2 Å². The first kappa shape index (κ1) is 15.3. The Morgan fingerprint density at radius 2 is 1.90 bits per heavy atom. The second-order valence-corrected chi connectivity index (χ2v) is 7.11. The van der Waals surface area contributed by atoms with E-state index in [1.54, 1.807) is 18.2 Å². The molecule has 0 bridgehead atoms. The van der Waals surface area contributed by atoms with E-state index in [1.807, 2.05) is 6.92 Å². The maximum Gasteiger partial charge on any atom is 0.262 e. The van der Waals surface area contributed by atoms with Gasteiger partial charge in [0.1, 0.15) is 5.82 Å². The van der Waals surface area contributed by atoms with Gasteiger partial charge in [-0.05, 0) is 58.7 Å². The molecular weight excluding hydrogens is 369 g/mol. The molecule has 0 aliphatic heterocycles. The molecule has 2 aromatic carbocycles. The molecule has 0 amide bonds. The third-order valence-electron chi connectivity index (χ3n) is 2.57. The van der Waals surface area contributed by atoms with Crippen LogP contribution in [0.25, 0.3) is 0 Å². The maximum absolute atomic E-state index is 13.4. The Hall–Kier alpha value is -1.11. The molecule has 0 aromatic heterocycles. The lowest BCUT2D eigenvalue weighted by molar-refractivity contribution is 0.593. The first-order valence-electron chi connectivity index (χ1n) is 5.53. The van der Waals surface area contributed by atoms with Crippen molar-refractivity contribution in [1.82, 2.24) is 0 Å². The van der Waals surface area contributed by atoms with E-state index in [0.29, 0.717) is 0 Å². The largest absolute Gasteiger partial charge is 0.278 e. The normalized spacial score (nSPS) is 11.4. The molecule has 3 nitrogen and oxygen atoms in total. The molecular formula is C13H10BrClFNO2S. The van der Waals surface area contributed by atoms with Gasteiger partial charge in [0.2, 0.25) is 0 Å². The quantitative estimate of drug-likeness (QED) is 0.863. The fourth-order valence-electron chi connectivity index (χ4n) is 1.55. The summed E-state index contributed by atoms with van der Waals surface area (Å²) < 4.78 is 40.3. The van der Waals surface area contributed by atoms with Gasteiger partial charge in [-0.15, -0.1) is 0 Å². The molecule has 2 rings (SSSR count). The number of benzene rings is 2. The summed E-state index contributed by atoms with van der Waals surface area (Å²) in [5, 5.41) is 0.283. The monoisotopic (exact) mass is 377 g/mol. The van der Waals surface area contributed by atoms with Crippen molar-refractivity contribution in [2.24, 2.45) is 0 Å². The van der Waals surface area contributed by atoms with Gasteiger partial charge < -0.3 is 0 Å². The van der Waals surface area contributed by atoms with E-state index in [4.69, 9.17) is 11.6 Å². The molecule has 106 valence electrons. The average Bonchev–Trinajstić information content (AvgIpc) is 2.36. The fourth-order valence-corrected chi connectivity index (χ4v) is 3.23. The van der Waals surface area contributed by atoms with E-state index >= 15 is 0 Å². The van der Waals surface area contributed by atoms with Crippen LogP contribution in [0.3, 0.4) is 0 Å². The van der Waals surface area contributed by atoms with Gasteiger partial charge in [-0.25, -0.2) is 12.8 Å². The first-order valence-corrected chi connectivity index (χ1v) is 8.19. The molecule has 0 unspecified atom stereocenters. The van der Waals surface area contributed by atoms with Gasteiger partial charge in [-0.1, -0.05) is 17.7 Å². The Morgan fingerprint density at radius 1 is 1.20 bits per heavy atom. The molecule has 0 heterocycles. The van der Waals surface area contributed by atoms with E-state index in [9.17, 15) is 12.8 Å². The summed E-state index contributed by atoms with van der Waals surface area (Å²) in [6, 6.07) is 8.50. The molecule has 0 fully saturated rings. The van der Waals surface area contributed by atoms with Gasteiger partial charge in [-0.2, -0.15) is 0 Å². The molecule has 0 saturated carbocycles. The van der Waals surface area contributed by atoms with Crippen LogP contribution >= 0.6 is 27.5 Å². The van der Waals surface area contributed by atoms with Crippen LogP contribution in [-0.2, 0) is 10.0 Å². The summed E-state index contributed by atoms with van der Waals surface area (Å²) in [4.78, 5) is -0.171. The molecule has 7 heteroatoms. The van der Waals surface area contributed by atoms with Crippen molar-refractivity contribution in [1.29, 1.82) is 0 Å². The molecule has 20 heavy (non-hydrogen) atoms. The van der Waals surface area contributed by atoms with E-state index in [0.717, 1.165) is 11.6 Å². The number of halogens is 3. The van der Waals surface area contributed by atoms with Gasteiger partial charge in [0.15, 0.2) is 0 Å². The number of sulfonamides is 1. The summed E-state index contributed by atoms with van der Waals surface area (Å²) in [5.74, 6) is -0.650. The Kier molecular flexibility index (Phi) is 4.36. The van der Waals surface area contributed by atoms with Gasteiger partial charge in [0, 0.05) is 0 Å². The highest BCUT2D eigenvalue weighted by Gasteiger charge is 2.17. The van der Waals surface area contributed by atoms with Crippen molar-refractivity contribution in [3.8, 4) is 0 Å². The van der Waals surface area contributed by atoms with Crippen molar-refractivity contribution in [2.45, 2.75) is 11.8 Å². The molecule has 2 aromatic rings. The van der Waals surface area contributed by atoms with Gasteiger partial charge in [0.05, 0.1) is 20.1 Å². The minimum atomic E-state index is -3.88. The zero-order valence-corrected chi connectivity index (χ0v) is 13.5. The van der Waals surface area contributed by atoms with E-state index < -0.39 is 15.8 Å². The molecule has 0 aliphatic rings. The standard InChI is InChI=1S/C13H10BrClFNO2S/c1-8-2-5-13(11(15)6-8)17-20(18,19)9-3-4-10(14)12(16)7-9/h2-7,17H,1H3. The Balaban J connectivity index is 2.38. The number of nitrogens with one attached hydrogen (secondary N) is 1. The highest BCUT2D eigenvalue weighted by atomic mass is 79.9. The molecule has 0 saturated heterocycles. The molecule has 0 spiro atoms. The predicted octanol–water partition coefficient (Wildman–Crippen LogP) is 4.35. The second-order valence-electron chi connectivity index (χ2n) is 4.16. The molecule has 0 atom stereocenters. The fraction of sp³-hybridized carbons (Fsp3) is 0.0769. The van der Waals surface area contributed by atoms with E-state index in [2.05, 4.69) is 20.7 Å². The highest BCUT2D eigenvalue weighted by Crippen LogP contribution is 2.26. The van der Waals surface area contributed by atoms with Crippen LogP contribution in [0.2, 0.25) is 5.02 Å². The minimum Gasteiger partial charge on any atom is -0.278 e. The van der Waals surface area contributed by atoms with Crippen LogP contribution in [-0.4, -0.2) is 8.42 Å². The molecule has 0 aliphatic carbocycles. The zero-order valence-electron chi connectivity index (χ0n) is 10.3. The number of rotatable bonds is 3. The Labute approximate surface area is 130 Å². The maximum atomic E-state index is 13.4. The number of hydrogen-bond donors (Lipinski definition) is 1. The van der Waals surface area contributed by atoms with Crippen LogP contribution in [0, 0.1) is 12.7 Å². The number of anilines is 1. The van der Waals surface area contributed by atoms with Crippen LogP contribution < -0.4 is 4.72 Å². The van der Waals surface area contributed by atoms with Gasteiger partial charge in [0.25, 0.3) is 10.0 Å². The third-order valence-corrected chi connectivity index (χ3v) is 4.89. The number of hydrogen-bond acceptors (Lipinski definition) is 2. The lowest BCUT2D eigenvalue weighted by Crippen LogP contribution is -2.13. The minimum absolute atomic E-state index is 0.171. The lowest BCUT2D eigenvalue weighted by atomic mass is 10.2. The van der Waals surface area contributed by atoms with Gasteiger partial charge in [-0.3, -0.25) is 4.72 Å². The van der Waals surface area contributed by atoms with Crippen molar-refractivity contribution < 1.29 is 12.8 Å². The van der Waals surface area contributed by atoms with Crippen molar-refractivity contribution in [2.75, 3.05) is 4.72 Å². The first-order chi connectivity index (χ1) is 9.29. The van der Waals surface area contributed by atoms with Crippen LogP contribution in [0.1, 0.15) is 5.56 Å². The third kappa shape index (κ3) is 3.31. The van der Waals surface area contributed by atoms with Crippen molar-refractivity contribution >= 4 is 43.2 Å². The Morgan fingerprint density at radius 3 is 2.50 bits per heavy atom. The van der Waals surface area contributed by atoms with E-state index in [1.165, 1.54) is 12.1 Å². The SMILES string of the molecule is Cc1ccc(NS(=O)(=O)c2ccc(Br)c(F)c2)c(Cl)c1. The highest BCUT2D eigenvalue weighted by molar-refractivity contribution is 9.10. The zero-order chi connectivity index (χ0) is 14.9. The summed E-state index contributed by atoms with van der Waals surface area (Å²) in [7, 11) is -3.88. The smallest absolute Gasteiger partial charge is 0.262 e. The van der Waals surface area contributed by atoms with Gasteiger partial charge >= 0.3 is 0 Å². The van der Waals surface area contributed by atoms with Crippen molar-refractivity contribution in [3.05, 3.63) is 57.3 Å². The van der Waals surface area contributed by atoms with E-state index in [-0.39, 0.29) is 20.1 Å². The lowest BCUT2D eigenvalue weighted by Gasteiger charge is -2.10.